The molecule has 0 bridgehead atoms. The van der Waals surface area contributed by atoms with Crippen molar-refractivity contribution in [1.82, 2.24) is 5.32 Å². The molecule has 1 aliphatic rings. The molecule has 0 saturated heterocycles. The fourth-order valence-corrected chi connectivity index (χ4v) is 3.16. The Balaban J connectivity index is 2.07. The Labute approximate surface area is 105 Å². The molecule has 0 aromatic carbocycles. The van der Waals surface area contributed by atoms with Crippen molar-refractivity contribution in [2.24, 2.45) is 5.92 Å². The first-order chi connectivity index (χ1) is 8.11. The van der Waals surface area contributed by atoms with Crippen molar-refractivity contribution in [1.29, 1.82) is 5.26 Å². The highest BCUT2D eigenvalue weighted by Gasteiger charge is 2.21. The highest BCUT2D eigenvalue weighted by Crippen LogP contribution is 2.30. The zero-order chi connectivity index (χ0) is 12.4. The number of nitrogens with one attached hydrogen (secondary N) is 1. The van der Waals surface area contributed by atoms with Gasteiger partial charge >= 0.3 is 0 Å². The molecule has 0 spiro atoms. The molecule has 2 rings (SSSR count). The van der Waals surface area contributed by atoms with E-state index in [0.717, 1.165) is 17.7 Å². The van der Waals surface area contributed by atoms with Crippen molar-refractivity contribution >= 4 is 17.2 Å². The van der Waals surface area contributed by atoms with Gasteiger partial charge in [0.1, 0.15) is 6.04 Å². The zero-order valence-electron chi connectivity index (χ0n) is 10.1. The zero-order valence-corrected chi connectivity index (χ0v) is 10.9. The van der Waals surface area contributed by atoms with Gasteiger partial charge in [0.05, 0.1) is 10.9 Å². The average molecular weight is 248 g/mol. The van der Waals surface area contributed by atoms with Gasteiger partial charge in [-0.15, -0.1) is 11.3 Å². The van der Waals surface area contributed by atoms with Crippen LogP contribution in [0.3, 0.4) is 0 Å². The standard InChI is InChI=1S/C13H16N2OS/c1-8(2)10(7-14)15-13(16)12-6-9-4-3-5-11(9)17-12/h6,8,10H,3-5H2,1-2H3,(H,15,16). The van der Waals surface area contributed by atoms with Crippen LogP contribution in [-0.2, 0) is 12.8 Å². The third-order valence-electron chi connectivity index (χ3n) is 3.06. The van der Waals surface area contributed by atoms with Crippen LogP contribution in [0.4, 0.5) is 0 Å². The Kier molecular flexibility index (Phi) is 3.49. The van der Waals surface area contributed by atoms with Gasteiger partial charge < -0.3 is 5.32 Å². The highest BCUT2D eigenvalue weighted by atomic mass is 32.1. The van der Waals surface area contributed by atoms with Gasteiger partial charge in [-0.2, -0.15) is 5.26 Å². The van der Waals surface area contributed by atoms with Gasteiger partial charge in [0, 0.05) is 4.88 Å². The molecule has 0 fully saturated rings. The third kappa shape index (κ3) is 2.50. The van der Waals surface area contributed by atoms with E-state index < -0.39 is 6.04 Å². The maximum absolute atomic E-state index is 12.0. The summed E-state index contributed by atoms with van der Waals surface area (Å²) >= 11 is 1.57. The molecule has 3 nitrogen and oxygen atoms in total. The topological polar surface area (TPSA) is 52.9 Å². The summed E-state index contributed by atoms with van der Waals surface area (Å²) in [4.78, 5) is 14.1. The molecule has 1 amide bonds. The SMILES string of the molecule is CC(C)C(C#N)NC(=O)c1cc2c(s1)CCC2. The molecule has 1 N–H and O–H groups in total. The Morgan fingerprint density at radius 3 is 2.88 bits per heavy atom. The molecular formula is C13H16N2OS. The second kappa shape index (κ2) is 4.89. The van der Waals surface area contributed by atoms with Crippen molar-refractivity contribution < 1.29 is 4.79 Å². The lowest BCUT2D eigenvalue weighted by atomic mass is 10.1. The van der Waals surface area contributed by atoms with Crippen molar-refractivity contribution in [3.05, 3.63) is 21.4 Å². The number of fused-ring (bicyclic) bond motifs is 1. The molecule has 1 unspecified atom stereocenters. The first-order valence-electron chi connectivity index (χ1n) is 5.94. The van der Waals surface area contributed by atoms with E-state index in [-0.39, 0.29) is 11.8 Å². The van der Waals surface area contributed by atoms with Gasteiger partial charge in [-0.25, -0.2) is 0 Å². The number of rotatable bonds is 3. The lowest BCUT2D eigenvalue weighted by Crippen LogP contribution is -2.36. The Morgan fingerprint density at radius 2 is 2.29 bits per heavy atom. The molecule has 4 heteroatoms. The van der Waals surface area contributed by atoms with Crippen molar-refractivity contribution in [2.75, 3.05) is 0 Å². The minimum atomic E-state index is -0.403. The largest absolute Gasteiger partial charge is 0.335 e. The fourth-order valence-electron chi connectivity index (χ4n) is 2.00. The fraction of sp³-hybridized carbons (Fsp3) is 0.538. The maximum atomic E-state index is 12.0. The van der Waals surface area contributed by atoms with Gasteiger partial charge in [-0.1, -0.05) is 13.8 Å². The summed E-state index contributed by atoms with van der Waals surface area (Å²) < 4.78 is 0. The summed E-state index contributed by atoms with van der Waals surface area (Å²) in [6.45, 7) is 3.87. The van der Waals surface area contributed by atoms with Crippen LogP contribution >= 0.6 is 11.3 Å². The number of aryl methyl sites for hydroxylation is 2. The van der Waals surface area contributed by atoms with E-state index in [1.54, 1.807) is 11.3 Å². The van der Waals surface area contributed by atoms with Crippen LogP contribution in [0, 0.1) is 17.2 Å². The Bertz CT molecular complexity index is 449. The van der Waals surface area contributed by atoms with Crippen LogP contribution in [-0.4, -0.2) is 11.9 Å². The molecule has 1 atom stereocenters. The summed E-state index contributed by atoms with van der Waals surface area (Å²) in [5.41, 5.74) is 1.32. The molecule has 1 aliphatic carbocycles. The lowest BCUT2D eigenvalue weighted by Gasteiger charge is -2.13. The van der Waals surface area contributed by atoms with E-state index in [9.17, 15) is 4.79 Å². The van der Waals surface area contributed by atoms with Crippen LogP contribution in [0.1, 0.15) is 40.4 Å². The van der Waals surface area contributed by atoms with Crippen LogP contribution in [0.25, 0.3) is 0 Å². The van der Waals surface area contributed by atoms with Crippen LogP contribution in [0.2, 0.25) is 0 Å². The van der Waals surface area contributed by atoms with Crippen molar-refractivity contribution in [3.8, 4) is 6.07 Å². The minimum absolute atomic E-state index is 0.107. The number of hydrogen-bond acceptors (Lipinski definition) is 3. The second-order valence-electron chi connectivity index (χ2n) is 4.74. The van der Waals surface area contributed by atoms with Gasteiger partial charge in [0.15, 0.2) is 0 Å². The van der Waals surface area contributed by atoms with Crippen molar-refractivity contribution in [3.63, 3.8) is 0 Å². The Hall–Kier alpha value is -1.34. The molecular weight excluding hydrogens is 232 g/mol. The number of amides is 1. The van der Waals surface area contributed by atoms with E-state index in [1.165, 1.54) is 16.9 Å². The number of carbonyl (C=O) groups excluding carboxylic acids is 1. The summed E-state index contributed by atoms with van der Waals surface area (Å²) in [5, 5.41) is 11.7. The van der Waals surface area contributed by atoms with E-state index in [2.05, 4.69) is 11.4 Å². The molecule has 17 heavy (non-hydrogen) atoms. The number of thiophene rings is 1. The molecule has 0 saturated carbocycles. The van der Waals surface area contributed by atoms with E-state index in [1.807, 2.05) is 19.9 Å². The smallest absolute Gasteiger partial charge is 0.262 e. The van der Waals surface area contributed by atoms with Gasteiger partial charge in [0.25, 0.3) is 5.91 Å². The minimum Gasteiger partial charge on any atom is -0.335 e. The van der Waals surface area contributed by atoms with Crippen LogP contribution in [0.15, 0.2) is 6.07 Å². The molecule has 1 aromatic rings. The van der Waals surface area contributed by atoms with E-state index in [4.69, 9.17) is 5.26 Å². The predicted octanol–water partition coefficient (Wildman–Crippen LogP) is 2.51. The second-order valence-corrected chi connectivity index (χ2v) is 5.87. The van der Waals surface area contributed by atoms with E-state index in [0.29, 0.717) is 0 Å². The number of carbonyl (C=O) groups is 1. The van der Waals surface area contributed by atoms with Gasteiger partial charge in [-0.3, -0.25) is 4.79 Å². The van der Waals surface area contributed by atoms with Crippen molar-refractivity contribution in [2.45, 2.75) is 39.2 Å². The first-order valence-corrected chi connectivity index (χ1v) is 6.75. The third-order valence-corrected chi connectivity index (χ3v) is 4.30. The monoisotopic (exact) mass is 248 g/mol. The summed E-state index contributed by atoms with van der Waals surface area (Å²) in [5.74, 6) is 0.0282. The van der Waals surface area contributed by atoms with Crippen LogP contribution < -0.4 is 5.32 Å². The Morgan fingerprint density at radius 1 is 1.53 bits per heavy atom. The molecule has 1 aromatic heterocycles. The molecule has 0 radical (unpaired) electrons. The quantitative estimate of drug-likeness (QED) is 0.893. The summed E-state index contributed by atoms with van der Waals surface area (Å²) in [6.07, 6.45) is 3.39. The van der Waals surface area contributed by atoms with Gasteiger partial charge in [-0.05, 0) is 36.8 Å². The van der Waals surface area contributed by atoms with Crippen LogP contribution in [0.5, 0.6) is 0 Å². The molecule has 90 valence electrons. The highest BCUT2D eigenvalue weighted by molar-refractivity contribution is 7.14. The summed E-state index contributed by atoms with van der Waals surface area (Å²) in [6, 6.07) is 3.70. The average Bonchev–Trinajstić information content (AvgIpc) is 2.84. The summed E-state index contributed by atoms with van der Waals surface area (Å²) in [7, 11) is 0. The predicted molar refractivity (Wildman–Crippen MR) is 68.0 cm³/mol. The molecule has 0 aliphatic heterocycles. The molecule has 1 heterocycles. The maximum Gasteiger partial charge on any atom is 0.262 e. The number of nitrogens with zero attached hydrogens (tertiary/aromatic N) is 1. The first kappa shape index (κ1) is 12.1. The van der Waals surface area contributed by atoms with E-state index >= 15 is 0 Å². The lowest BCUT2D eigenvalue weighted by molar-refractivity contribution is 0.0941. The normalized spacial score (nSPS) is 15.4. The number of nitriles is 1. The number of hydrogen-bond donors (Lipinski definition) is 1. The van der Waals surface area contributed by atoms with Gasteiger partial charge in [0.2, 0.25) is 0 Å².